The van der Waals surface area contributed by atoms with Crippen molar-refractivity contribution in [1.29, 1.82) is 0 Å². The van der Waals surface area contributed by atoms with Gasteiger partial charge in [0.2, 0.25) is 0 Å². The molecule has 4 nitrogen and oxygen atoms in total. The van der Waals surface area contributed by atoms with Crippen molar-refractivity contribution in [3.8, 4) is 0 Å². The monoisotopic (exact) mass is 306 g/mol. The number of guanidine groups is 1. The maximum Gasteiger partial charge on any atom is 0.196 e. The summed E-state index contributed by atoms with van der Waals surface area (Å²) in [5, 5.41) is 6.66. The lowest BCUT2D eigenvalue weighted by Crippen LogP contribution is -2.39. The van der Waals surface area contributed by atoms with Gasteiger partial charge in [-0.2, -0.15) is 0 Å². The molecule has 1 aromatic rings. The predicted octanol–water partition coefficient (Wildman–Crippen LogP) is 3.11. The molecule has 0 heterocycles. The molecular weight excluding hydrogens is 279 g/mol. The molecule has 0 aromatic heterocycles. The number of anilines is 1. The van der Waals surface area contributed by atoms with Crippen molar-refractivity contribution >= 4 is 11.6 Å². The summed E-state index contributed by atoms with van der Waals surface area (Å²) in [5.74, 6) is 0.450. The Hall–Kier alpha value is -1.62. The van der Waals surface area contributed by atoms with Gasteiger partial charge in [0.25, 0.3) is 0 Å². The van der Waals surface area contributed by atoms with E-state index in [0.717, 1.165) is 12.8 Å². The van der Waals surface area contributed by atoms with Crippen LogP contribution >= 0.6 is 0 Å². The zero-order valence-corrected chi connectivity index (χ0v) is 13.5. The van der Waals surface area contributed by atoms with Gasteiger partial charge in [-0.05, 0) is 43.0 Å². The lowest BCUT2D eigenvalue weighted by molar-refractivity contribution is 0.393. The van der Waals surface area contributed by atoms with Crippen LogP contribution in [0, 0.1) is 11.2 Å². The molecule has 0 saturated heterocycles. The van der Waals surface area contributed by atoms with Gasteiger partial charge < -0.3 is 16.4 Å². The van der Waals surface area contributed by atoms with Gasteiger partial charge in [0, 0.05) is 18.3 Å². The molecule has 5 heteroatoms. The summed E-state index contributed by atoms with van der Waals surface area (Å²) in [7, 11) is 0. The molecule has 0 bridgehead atoms. The van der Waals surface area contributed by atoms with Crippen molar-refractivity contribution in [2.75, 3.05) is 18.4 Å². The highest BCUT2D eigenvalue weighted by molar-refractivity contribution is 5.93. The summed E-state index contributed by atoms with van der Waals surface area (Å²) in [6.07, 6.45) is 4.81. The molecule has 1 saturated carbocycles. The maximum atomic E-state index is 13.3. The van der Waals surface area contributed by atoms with Crippen molar-refractivity contribution in [2.45, 2.75) is 45.6 Å². The largest absolute Gasteiger partial charge is 0.353 e. The van der Waals surface area contributed by atoms with Crippen LogP contribution in [0.2, 0.25) is 0 Å². The molecule has 0 spiro atoms. The van der Waals surface area contributed by atoms with E-state index >= 15 is 0 Å². The first-order valence-electron chi connectivity index (χ1n) is 8.02. The zero-order valence-electron chi connectivity index (χ0n) is 13.5. The third kappa shape index (κ3) is 5.30. The van der Waals surface area contributed by atoms with Crippen molar-refractivity contribution in [1.82, 2.24) is 5.32 Å². The number of nitrogens with one attached hydrogen (secondary N) is 2. The standard InChI is InChI=1S/C17H27FN4/c1-17(2,11-19)12-20-16(21-14-7-3-4-8-14)22-15-9-5-6-13(18)10-15/h5-6,9-10,14H,3-4,7-8,11-12,19H2,1-2H3,(H2,20,21,22). The van der Waals surface area contributed by atoms with Crippen LogP contribution in [0.3, 0.4) is 0 Å². The first-order valence-corrected chi connectivity index (χ1v) is 8.02. The number of benzene rings is 1. The Kier molecular flexibility index (Phi) is 5.77. The van der Waals surface area contributed by atoms with E-state index in [9.17, 15) is 4.39 Å². The minimum Gasteiger partial charge on any atom is -0.353 e. The van der Waals surface area contributed by atoms with Crippen LogP contribution < -0.4 is 16.4 Å². The second-order valence-corrected chi connectivity index (χ2v) is 6.79. The molecule has 0 unspecified atom stereocenters. The van der Waals surface area contributed by atoms with Gasteiger partial charge >= 0.3 is 0 Å². The predicted molar refractivity (Wildman–Crippen MR) is 90.6 cm³/mol. The van der Waals surface area contributed by atoms with Gasteiger partial charge in [-0.3, -0.25) is 4.99 Å². The number of nitrogens with two attached hydrogens (primary N) is 1. The second-order valence-electron chi connectivity index (χ2n) is 6.79. The van der Waals surface area contributed by atoms with Gasteiger partial charge in [-0.25, -0.2) is 4.39 Å². The first-order chi connectivity index (χ1) is 10.5. The highest BCUT2D eigenvalue weighted by atomic mass is 19.1. The molecular formula is C17H27FN4. The summed E-state index contributed by atoms with van der Waals surface area (Å²) in [4.78, 5) is 4.65. The minimum atomic E-state index is -0.257. The summed E-state index contributed by atoms with van der Waals surface area (Å²) in [6, 6.07) is 6.88. The van der Waals surface area contributed by atoms with Crippen LogP contribution in [0.5, 0.6) is 0 Å². The molecule has 0 radical (unpaired) electrons. The second kappa shape index (κ2) is 7.58. The van der Waals surface area contributed by atoms with E-state index in [1.54, 1.807) is 6.07 Å². The molecule has 1 aliphatic carbocycles. The van der Waals surface area contributed by atoms with Crippen LogP contribution in [0.15, 0.2) is 29.3 Å². The summed E-state index contributed by atoms with van der Waals surface area (Å²) in [5.41, 5.74) is 6.42. The lowest BCUT2D eigenvalue weighted by atomic mass is 9.94. The molecule has 1 fully saturated rings. The van der Waals surface area contributed by atoms with E-state index in [-0.39, 0.29) is 11.2 Å². The van der Waals surface area contributed by atoms with Crippen LogP contribution in [-0.2, 0) is 0 Å². The molecule has 4 N–H and O–H groups in total. The molecule has 1 aromatic carbocycles. The molecule has 1 aliphatic rings. The quantitative estimate of drug-likeness (QED) is 0.578. The van der Waals surface area contributed by atoms with E-state index in [1.165, 1.54) is 25.0 Å². The van der Waals surface area contributed by atoms with Gasteiger partial charge in [0.15, 0.2) is 5.96 Å². The summed E-state index contributed by atoms with van der Waals surface area (Å²) < 4.78 is 13.3. The Morgan fingerprint density at radius 2 is 2.09 bits per heavy atom. The molecule has 0 aliphatic heterocycles. The van der Waals surface area contributed by atoms with Crippen molar-refractivity contribution < 1.29 is 4.39 Å². The average molecular weight is 306 g/mol. The highest BCUT2D eigenvalue weighted by Gasteiger charge is 2.18. The van der Waals surface area contributed by atoms with Gasteiger partial charge in [-0.15, -0.1) is 0 Å². The highest BCUT2D eigenvalue weighted by Crippen LogP contribution is 2.19. The van der Waals surface area contributed by atoms with Crippen LogP contribution in [0.4, 0.5) is 10.1 Å². The molecule has 0 amide bonds. The number of aliphatic imine (C=N–C) groups is 1. The number of hydrogen-bond donors (Lipinski definition) is 3. The third-order valence-corrected chi connectivity index (χ3v) is 4.00. The zero-order chi connectivity index (χ0) is 16.0. The van der Waals surface area contributed by atoms with E-state index in [1.807, 2.05) is 6.07 Å². The number of hydrogen-bond acceptors (Lipinski definition) is 2. The topological polar surface area (TPSA) is 62.4 Å². The van der Waals surface area contributed by atoms with Crippen molar-refractivity contribution in [2.24, 2.45) is 16.1 Å². The minimum absolute atomic E-state index is 0.0494. The summed E-state index contributed by atoms with van der Waals surface area (Å²) in [6.45, 7) is 5.38. The maximum absolute atomic E-state index is 13.3. The van der Waals surface area contributed by atoms with E-state index in [2.05, 4.69) is 29.5 Å². The fraction of sp³-hybridized carbons (Fsp3) is 0.588. The van der Waals surface area contributed by atoms with E-state index < -0.39 is 0 Å². The Balaban J connectivity index is 2.07. The molecule has 0 atom stereocenters. The first kappa shape index (κ1) is 16.7. The van der Waals surface area contributed by atoms with Crippen LogP contribution in [0.1, 0.15) is 39.5 Å². The SMILES string of the molecule is CC(C)(CN)CN=C(Nc1cccc(F)c1)NC1CCCC1. The van der Waals surface area contributed by atoms with Crippen molar-refractivity contribution in [3.63, 3.8) is 0 Å². The smallest absolute Gasteiger partial charge is 0.196 e. The van der Waals surface area contributed by atoms with Crippen LogP contribution in [-0.4, -0.2) is 25.1 Å². The summed E-state index contributed by atoms with van der Waals surface area (Å²) >= 11 is 0. The Morgan fingerprint density at radius 3 is 2.73 bits per heavy atom. The Labute approximate surface area is 132 Å². The fourth-order valence-corrected chi connectivity index (χ4v) is 2.45. The van der Waals surface area contributed by atoms with E-state index in [0.29, 0.717) is 30.8 Å². The van der Waals surface area contributed by atoms with Gasteiger partial charge in [0.1, 0.15) is 5.82 Å². The average Bonchev–Trinajstić information content (AvgIpc) is 2.98. The molecule has 22 heavy (non-hydrogen) atoms. The molecule has 122 valence electrons. The van der Waals surface area contributed by atoms with Crippen LogP contribution in [0.25, 0.3) is 0 Å². The number of rotatable bonds is 5. The Morgan fingerprint density at radius 1 is 1.36 bits per heavy atom. The van der Waals surface area contributed by atoms with Gasteiger partial charge in [0.05, 0.1) is 0 Å². The number of nitrogens with zero attached hydrogens (tertiary/aromatic N) is 1. The fourth-order valence-electron chi connectivity index (χ4n) is 2.45. The number of halogens is 1. The van der Waals surface area contributed by atoms with Gasteiger partial charge in [-0.1, -0.05) is 32.8 Å². The normalized spacial score (nSPS) is 16.8. The Bertz CT molecular complexity index is 507. The van der Waals surface area contributed by atoms with Crippen molar-refractivity contribution in [3.05, 3.63) is 30.1 Å². The third-order valence-electron chi connectivity index (χ3n) is 4.00. The molecule has 2 rings (SSSR count). The van der Waals surface area contributed by atoms with E-state index in [4.69, 9.17) is 5.73 Å². The lowest BCUT2D eigenvalue weighted by Gasteiger charge is -2.22.